The van der Waals surface area contributed by atoms with Crippen molar-refractivity contribution in [1.82, 2.24) is 15.2 Å². The fourth-order valence-electron chi connectivity index (χ4n) is 6.02. The van der Waals surface area contributed by atoms with E-state index in [1.165, 1.54) is 17.7 Å². The molecule has 2 fully saturated rings. The van der Waals surface area contributed by atoms with E-state index < -0.39 is 5.97 Å². The van der Waals surface area contributed by atoms with E-state index in [2.05, 4.69) is 27.7 Å². The number of hydrogen-bond donors (Lipinski definition) is 3. The number of aryl methyl sites for hydroxylation is 1. The number of rotatable bonds is 6. The van der Waals surface area contributed by atoms with Crippen molar-refractivity contribution in [1.29, 1.82) is 0 Å². The van der Waals surface area contributed by atoms with Gasteiger partial charge in [-0.25, -0.2) is 4.98 Å². The summed E-state index contributed by atoms with van der Waals surface area (Å²) < 4.78 is 0. The summed E-state index contributed by atoms with van der Waals surface area (Å²) in [5.41, 5.74) is 2.50. The highest BCUT2D eigenvalue weighted by Gasteiger charge is 2.32. The molecule has 3 aliphatic rings. The predicted octanol–water partition coefficient (Wildman–Crippen LogP) is 3.48. The standard InChI is InChI=1S/C26H40N4O3/c1-27-23-15-19(16-24(31)32)4-2-5-21(17-23)26(33)30-12-9-18(10-13-30)14-22-8-7-20-6-3-11-28-25(20)29-22/h7-8,18-19,21,23,27H,2-6,9-17H2,1H3,(H,28,29)(H,31,32)/t19?,21-,23+/m1/s1. The number of carbonyl (C=O) groups is 2. The van der Waals surface area contributed by atoms with Gasteiger partial charge in [-0.05, 0) is 88.3 Å². The molecule has 0 aromatic carbocycles. The average molecular weight is 457 g/mol. The van der Waals surface area contributed by atoms with Crippen LogP contribution in [0.3, 0.4) is 0 Å². The van der Waals surface area contributed by atoms with E-state index in [4.69, 9.17) is 4.98 Å². The fraction of sp³-hybridized carbons (Fsp3) is 0.731. The number of aromatic nitrogens is 1. The van der Waals surface area contributed by atoms with Gasteiger partial charge in [0.15, 0.2) is 0 Å². The van der Waals surface area contributed by atoms with Crippen molar-refractivity contribution in [2.24, 2.45) is 17.8 Å². The summed E-state index contributed by atoms with van der Waals surface area (Å²) in [5.74, 6) is 1.51. The molecule has 3 heterocycles. The van der Waals surface area contributed by atoms with Crippen LogP contribution in [0.5, 0.6) is 0 Å². The molecule has 2 aliphatic heterocycles. The zero-order valence-electron chi connectivity index (χ0n) is 20.0. The smallest absolute Gasteiger partial charge is 0.303 e. The largest absolute Gasteiger partial charge is 0.481 e. The number of amides is 1. The van der Waals surface area contributed by atoms with E-state index in [1.807, 2.05) is 7.05 Å². The molecule has 0 spiro atoms. The van der Waals surface area contributed by atoms with Crippen LogP contribution in [-0.4, -0.2) is 59.6 Å². The molecule has 7 heteroatoms. The number of pyridine rings is 1. The summed E-state index contributed by atoms with van der Waals surface area (Å²) in [6, 6.07) is 4.63. The SMILES string of the molecule is CN[C@H]1CC(CC(=O)O)CCC[C@@H](C(=O)N2CCC(Cc3ccc4c(n3)NCCC4)CC2)C1. The number of aliphatic carboxylic acids is 1. The Morgan fingerprint density at radius 2 is 1.94 bits per heavy atom. The molecular weight excluding hydrogens is 416 g/mol. The number of anilines is 1. The zero-order chi connectivity index (χ0) is 23.2. The third-order valence-electron chi connectivity index (χ3n) is 7.95. The molecule has 3 atom stereocenters. The van der Waals surface area contributed by atoms with Gasteiger partial charge < -0.3 is 20.6 Å². The number of likely N-dealkylation sites (tertiary alicyclic amines) is 1. The summed E-state index contributed by atoms with van der Waals surface area (Å²) in [4.78, 5) is 31.5. The van der Waals surface area contributed by atoms with Gasteiger partial charge >= 0.3 is 5.97 Å². The minimum atomic E-state index is -0.715. The number of fused-ring (bicyclic) bond motifs is 1. The van der Waals surface area contributed by atoms with Gasteiger partial charge in [0.25, 0.3) is 0 Å². The van der Waals surface area contributed by atoms with E-state index in [-0.39, 0.29) is 24.3 Å². The lowest BCUT2D eigenvalue weighted by Crippen LogP contribution is -2.44. The molecule has 1 aromatic heterocycles. The monoisotopic (exact) mass is 456 g/mol. The Morgan fingerprint density at radius 1 is 1.12 bits per heavy atom. The van der Waals surface area contributed by atoms with Crippen LogP contribution in [0.15, 0.2) is 12.1 Å². The first-order chi connectivity index (χ1) is 16.0. The summed E-state index contributed by atoms with van der Waals surface area (Å²) in [6.07, 6.45) is 9.99. The predicted molar refractivity (Wildman–Crippen MR) is 129 cm³/mol. The van der Waals surface area contributed by atoms with Crippen molar-refractivity contribution < 1.29 is 14.7 Å². The van der Waals surface area contributed by atoms with E-state index in [0.717, 1.165) is 83.2 Å². The number of carbonyl (C=O) groups excluding carboxylic acids is 1. The lowest BCUT2D eigenvalue weighted by molar-refractivity contribution is -0.140. The van der Waals surface area contributed by atoms with Gasteiger partial charge in [0.05, 0.1) is 0 Å². The second kappa shape index (κ2) is 11.3. The maximum absolute atomic E-state index is 13.3. The number of carboxylic acid groups (broad SMARTS) is 1. The van der Waals surface area contributed by atoms with Crippen LogP contribution >= 0.6 is 0 Å². The molecule has 33 heavy (non-hydrogen) atoms. The first-order valence-electron chi connectivity index (χ1n) is 12.9. The Balaban J connectivity index is 1.27. The quantitative estimate of drug-likeness (QED) is 0.607. The Morgan fingerprint density at radius 3 is 2.70 bits per heavy atom. The summed E-state index contributed by atoms with van der Waals surface area (Å²) in [6.45, 7) is 2.70. The van der Waals surface area contributed by atoms with Crippen LogP contribution in [0.2, 0.25) is 0 Å². The number of nitrogens with zero attached hydrogens (tertiary/aromatic N) is 2. The lowest BCUT2D eigenvalue weighted by Gasteiger charge is -2.36. The van der Waals surface area contributed by atoms with Crippen LogP contribution in [0.1, 0.15) is 69.0 Å². The molecule has 3 N–H and O–H groups in total. The van der Waals surface area contributed by atoms with Gasteiger partial charge in [-0.15, -0.1) is 0 Å². The van der Waals surface area contributed by atoms with Gasteiger partial charge in [-0.2, -0.15) is 0 Å². The van der Waals surface area contributed by atoms with Crippen LogP contribution in [0.25, 0.3) is 0 Å². The molecule has 4 rings (SSSR count). The number of nitrogens with one attached hydrogen (secondary N) is 2. The van der Waals surface area contributed by atoms with Crippen LogP contribution in [0.4, 0.5) is 5.82 Å². The van der Waals surface area contributed by atoms with Crippen molar-refractivity contribution in [2.75, 3.05) is 32.0 Å². The topological polar surface area (TPSA) is 94.6 Å². The summed E-state index contributed by atoms with van der Waals surface area (Å²) >= 11 is 0. The van der Waals surface area contributed by atoms with E-state index in [1.54, 1.807) is 0 Å². The van der Waals surface area contributed by atoms with E-state index in [0.29, 0.717) is 11.8 Å². The van der Waals surface area contributed by atoms with Crippen LogP contribution in [-0.2, 0) is 22.4 Å². The van der Waals surface area contributed by atoms with Crippen molar-refractivity contribution >= 4 is 17.7 Å². The molecular formula is C26H40N4O3. The Kier molecular flexibility index (Phi) is 8.23. The maximum Gasteiger partial charge on any atom is 0.303 e. The molecule has 0 bridgehead atoms. The molecule has 1 unspecified atom stereocenters. The average Bonchev–Trinajstić information content (AvgIpc) is 2.80. The minimum Gasteiger partial charge on any atom is -0.481 e. The number of carboxylic acids is 1. The molecule has 1 aromatic rings. The normalized spacial score (nSPS) is 26.6. The van der Waals surface area contributed by atoms with Crippen molar-refractivity contribution in [3.8, 4) is 0 Å². The number of hydrogen-bond acceptors (Lipinski definition) is 5. The van der Waals surface area contributed by atoms with Gasteiger partial charge in [-0.1, -0.05) is 12.5 Å². The van der Waals surface area contributed by atoms with Gasteiger partial charge in [-0.3, -0.25) is 9.59 Å². The second-order valence-electron chi connectivity index (χ2n) is 10.4. The maximum atomic E-state index is 13.3. The highest BCUT2D eigenvalue weighted by molar-refractivity contribution is 5.79. The molecule has 1 saturated carbocycles. The Bertz CT molecular complexity index is 822. The molecule has 1 saturated heterocycles. The molecule has 7 nitrogen and oxygen atoms in total. The highest BCUT2D eigenvalue weighted by Crippen LogP contribution is 2.31. The van der Waals surface area contributed by atoms with Gasteiger partial charge in [0, 0.05) is 43.7 Å². The third kappa shape index (κ3) is 6.46. The zero-order valence-corrected chi connectivity index (χ0v) is 20.0. The van der Waals surface area contributed by atoms with Crippen LogP contribution < -0.4 is 10.6 Å². The molecule has 0 radical (unpaired) electrons. The lowest BCUT2D eigenvalue weighted by atomic mass is 9.81. The Labute approximate surface area is 197 Å². The summed E-state index contributed by atoms with van der Waals surface area (Å²) in [7, 11) is 1.93. The number of piperidine rings is 1. The summed E-state index contributed by atoms with van der Waals surface area (Å²) in [5, 5.41) is 15.9. The fourth-order valence-corrected chi connectivity index (χ4v) is 6.02. The third-order valence-corrected chi connectivity index (χ3v) is 7.95. The van der Waals surface area contributed by atoms with Crippen molar-refractivity contribution in [3.05, 3.63) is 23.4 Å². The molecule has 1 aliphatic carbocycles. The van der Waals surface area contributed by atoms with E-state index >= 15 is 0 Å². The first kappa shape index (κ1) is 24.0. The van der Waals surface area contributed by atoms with Gasteiger partial charge in [0.2, 0.25) is 5.91 Å². The first-order valence-corrected chi connectivity index (χ1v) is 12.9. The molecule has 182 valence electrons. The van der Waals surface area contributed by atoms with Gasteiger partial charge in [0.1, 0.15) is 5.82 Å². The Hall–Kier alpha value is -2.15. The second-order valence-corrected chi connectivity index (χ2v) is 10.4. The highest BCUT2D eigenvalue weighted by atomic mass is 16.4. The van der Waals surface area contributed by atoms with Crippen molar-refractivity contribution in [3.63, 3.8) is 0 Å². The molecule has 1 amide bonds. The minimum absolute atomic E-state index is 0.0539. The van der Waals surface area contributed by atoms with Crippen LogP contribution in [0, 0.1) is 17.8 Å². The van der Waals surface area contributed by atoms with Crippen molar-refractivity contribution in [2.45, 2.75) is 76.7 Å². The van der Waals surface area contributed by atoms with E-state index in [9.17, 15) is 14.7 Å².